The van der Waals surface area contributed by atoms with Gasteiger partial charge in [-0.2, -0.15) is 0 Å². The number of hydrogen-bond donors (Lipinski definition) is 0. The number of carbonyl (C=O) groups is 1. The van der Waals surface area contributed by atoms with Gasteiger partial charge < -0.3 is 0 Å². The Bertz CT molecular complexity index is 130. The van der Waals surface area contributed by atoms with Gasteiger partial charge in [-0.25, -0.2) is 0 Å². The third-order valence-electron chi connectivity index (χ3n) is 0.445. The van der Waals surface area contributed by atoms with Crippen molar-refractivity contribution in [3.05, 3.63) is 23.5 Å². The lowest BCUT2D eigenvalue weighted by Crippen LogP contribution is -1.82. The van der Waals surface area contributed by atoms with Crippen molar-refractivity contribution in [1.29, 1.82) is 0 Å². The van der Waals surface area contributed by atoms with Crippen molar-refractivity contribution in [3.63, 3.8) is 0 Å². The summed E-state index contributed by atoms with van der Waals surface area (Å²) in [6.45, 7) is 6.73. The zero-order valence-corrected chi connectivity index (χ0v) is 5.76. The zero-order valence-electron chi connectivity index (χ0n) is 4.19. The van der Waals surface area contributed by atoms with Crippen LogP contribution in [0.15, 0.2) is 23.5 Å². The fraction of sp³-hybridized carbons (Fsp3) is 0. The number of carbonyl (C=O) groups excluding carboxylic acids is 1. The lowest BCUT2D eigenvalue weighted by atomic mass is 10.7. The Morgan fingerprint density at radius 3 is 2.38 bits per heavy atom. The van der Waals surface area contributed by atoms with Crippen LogP contribution in [0.3, 0.4) is 0 Å². The van der Waals surface area contributed by atoms with E-state index in [0.717, 1.165) is 11.8 Å². The van der Waals surface area contributed by atoms with Gasteiger partial charge in [-0.05, 0) is 17.0 Å². The molecule has 0 bridgehead atoms. The van der Waals surface area contributed by atoms with Crippen LogP contribution in [0.4, 0.5) is 0 Å². The minimum Gasteiger partial charge on any atom is -0.275 e. The standard InChI is InChI=1S/C5H5ClOS/c1-3-8-4(2)5(6)7/h3H,1-2H2. The topological polar surface area (TPSA) is 17.1 Å². The Balaban J connectivity index is 3.65. The summed E-state index contributed by atoms with van der Waals surface area (Å²) in [6.07, 6.45) is 0. The fourth-order valence-electron chi connectivity index (χ4n) is 0.147. The van der Waals surface area contributed by atoms with E-state index in [1.54, 1.807) is 0 Å². The summed E-state index contributed by atoms with van der Waals surface area (Å²) >= 11 is 6.13. The summed E-state index contributed by atoms with van der Waals surface area (Å²) in [7, 11) is 0. The number of halogens is 1. The molecule has 0 rings (SSSR count). The van der Waals surface area contributed by atoms with Crippen molar-refractivity contribution in [2.75, 3.05) is 0 Å². The molecule has 0 fully saturated rings. The lowest BCUT2D eigenvalue weighted by molar-refractivity contribution is -0.107. The van der Waals surface area contributed by atoms with Crippen LogP contribution >= 0.6 is 23.4 Å². The molecule has 0 aromatic rings. The molecule has 0 aliphatic rings. The van der Waals surface area contributed by atoms with Crippen LogP contribution in [0.25, 0.3) is 0 Å². The van der Waals surface area contributed by atoms with Crippen molar-refractivity contribution >= 4 is 28.6 Å². The minimum absolute atomic E-state index is 0.307. The van der Waals surface area contributed by atoms with Crippen molar-refractivity contribution in [2.45, 2.75) is 0 Å². The quantitative estimate of drug-likeness (QED) is 0.451. The third kappa shape index (κ3) is 2.88. The first-order valence-corrected chi connectivity index (χ1v) is 3.10. The van der Waals surface area contributed by atoms with E-state index < -0.39 is 5.24 Å². The second kappa shape index (κ2) is 3.75. The first-order valence-electron chi connectivity index (χ1n) is 1.84. The molecule has 0 radical (unpaired) electrons. The normalized spacial score (nSPS) is 8.12. The van der Waals surface area contributed by atoms with E-state index in [1.165, 1.54) is 5.41 Å². The second-order valence-corrected chi connectivity index (χ2v) is 2.39. The maximum atomic E-state index is 10.1. The molecule has 44 valence electrons. The maximum Gasteiger partial charge on any atom is 0.258 e. The van der Waals surface area contributed by atoms with E-state index in [1.807, 2.05) is 0 Å². The highest BCUT2D eigenvalue weighted by molar-refractivity contribution is 8.06. The fourth-order valence-corrected chi connectivity index (χ4v) is 0.574. The van der Waals surface area contributed by atoms with Crippen molar-refractivity contribution < 1.29 is 4.79 Å². The van der Waals surface area contributed by atoms with Gasteiger partial charge in [0.25, 0.3) is 5.24 Å². The third-order valence-corrected chi connectivity index (χ3v) is 1.42. The van der Waals surface area contributed by atoms with Crippen molar-refractivity contribution in [3.8, 4) is 0 Å². The highest BCUT2D eigenvalue weighted by Gasteiger charge is 1.98. The van der Waals surface area contributed by atoms with E-state index in [9.17, 15) is 4.79 Å². The van der Waals surface area contributed by atoms with Gasteiger partial charge in [0.15, 0.2) is 0 Å². The number of thioether (sulfide) groups is 1. The molecule has 8 heavy (non-hydrogen) atoms. The van der Waals surface area contributed by atoms with Crippen LogP contribution in [-0.4, -0.2) is 5.24 Å². The highest BCUT2D eigenvalue weighted by Crippen LogP contribution is 2.15. The molecule has 1 nitrogen and oxygen atoms in total. The molecule has 0 atom stereocenters. The Labute approximate surface area is 57.4 Å². The predicted octanol–water partition coefficient (Wildman–Crippen LogP) is 2.14. The molecular formula is C5H5ClOS. The smallest absolute Gasteiger partial charge is 0.258 e. The highest BCUT2D eigenvalue weighted by atomic mass is 35.5. The predicted molar refractivity (Wildman–Crippen MR) is 37.8 cm³/mol. The van der Waals surface area contributed by atoms with Crippen molar-refractivity contribution in [2.24, 2.45) is 0 Å². The Kier molecular flexibility index (Phi) is 3.65. The van der Waals surface area contributed by atoms with E-state index in [0.29, 0.717) is 4.91 Å². The summed E-state index contributed by atoms with van der Waals surface area (Å²) in [5.74, 6) is 0. The lowest BCUT2D eigenvalue weighted by Gasteiger charge is -1.87. The van der Waals surface area contributed by atoms with Crippen LogP contribution in [0.2, 0.25) is 0 Å². The summed E-state index contributed by atoms with van der Waals surface area (Å²) in [5, 5.41) is 0.984. The Morgan fingerprint density at radius 1 is 1.75 bits per heavy atom. The van der Waals surface area contributed by atoms with Crippen LogP contribution < -0.4 is 0 Å². The van der Waals surface area contributed by atoms with Gasteiger partial charge in [0.2, 0.25) is 0 Å². The van der Waals surface area contributed by atoms with Crippen LogP contribution in [0.1, 0.15) is 0 Å². The number of allylic oxidation sites excluding steroid dienone is 1. The average molecular weight is 149 g/mol. The molecular weight excluding hydrogens is 144 g/mol. The van der Waals surface area contributed by atoms with Gasteiger partial charge >= 0.3 is 0 Å². The average Bonchev–Trinajstić information content (AvgIpc) is 1.67. The van der Waals surface area contributed by atoms with Crippen LogP contribution in [-0.2, 0) is 4.79 Å². The molecule has 0 N–H and O–H groups in total. The first-order chi connectivity index (χ1) is 3.68. The SMILES string of the molecule is C=CSC(=C)C(=O)Cl. The molecule has 0 aromatic carbocycles. The van der Waals surface area contributed by atoms with Crippen molar-refractivity contribution in [1.82, 2.24) is 0 Å². The van der Waals surface area contributed by atoms with Gasteiger partial charge in [0.05, 0.1) is 4.91 Å². The molecule has 0 aliphatic heterocycles. The molecule has 0 amide bonds. The van der Waals surface area contributed by atoms with Crippen LogP contribution in [0.5, 0.6) is 0 Å². The Morgan fingerprint density at radius 2 is 2.25 bits per heavy atom. The molecule has 0 spiro atoms. The molecule has 0 saturated carbocycles. The summed E-state index contributed by atoms with van der Waals surface area (Å²) in [4.78, 5) is 10.4. The van der Waals surface area contributed by atoms with E-state index in [2.05, 4.69) is 13.2 Å². The summed E-state index contributed by atoms with van der Waals surface area (Å²) in [5.41, 5.74) is 0. The van der Waals surface area contributed by atoms with Crippen LogP contribution in [0, 0.1) is 0 Å². The molecule has 3 heteroatoms. The molecule has 0 aromatic heterocycles. The minimum atomic E-state index is -0.519. The van der Waals surface area contributed by atoms with Gasteiger partial charge in [-0.15, -0.1) is 0 Å². The maximum absolute atomic E-state index is 10.1. The van der Waals surface area contributed by atoms with Gasteiger partial charge in [-0.3, -0.25) is 4.79 Å². The Hall–Kier alpha value is -0.210. The number of hydrogen-bond acceptors (Lipinski definition) is 2. The monoisotopic (exact) mass is 148 g/mol. The molecule has 0 aliphatic carbocycles. The molecule has 0 unspecified atom stereocenters. The van der Waals surface area contributed by atoms with Gasteiger partial charge in [0, 0.05) is 0 Å². The van der Waals surface area contributed by atoms with Gasteiger partial charge in [-0.1, -0.05) is 24.9 Å². The summed E-state index contributed by atoms with van der Waals surface area (Å²) < 4.78 is 0. The summed E-state index contributed by atoms with van der Waals surface area (Å²) in [6, 6.07) is 0. The van der Waals surface area contributed by atoms with E-state index >= 15 is 0 Å². The molecule has 0 heterocycles. The second-order valence-electron chi connectivity index (χ2n) is 0.981. The van der Waals surface area contributed by atoms with E-state index in [4.69, 9.17) is 11.6 Å². The number of rotatable bonds is 3. The zero-order chi connectivity index (χ0) is 6.57. The largest absolute Gasteiger partial charge is 0.275 e. The van der Waals surface area contributed by atoms with E-state index in [-0.39, 0.29) is 0 Å². The molecule has 0 saturated heterocycles. The first kappa shape index (κ1) is 7.79. The van der Waals surface area contributed by atoms with Gasteiger partial charge in [0.1, 0.15) is 0 Å².